The number of aryl methyl sites for hydroxylation is 2. The van der Waals surface area contributed by atoms with Crippen LogP contribution in [-0.2, 0) is 27.5 Å². The van der Waals surface area contributed by atoms with Crippen LogP contribution in [0.2, 0.25) is 0 Å². The van der Waals surface area contributed by atoms with Crippen LogP contribution in [-0.4, -0.2) is 20.0 Å². The third-order valence-corrected chi connectivity index (χ3v) is 4.87. The number of benzene rings is 1. The number of hydrogen-bond donors (Lipinski definition) is 0. The topological polar surface area (TPSA) is 51.2 Å². The maximum Gasteiger partial charge on any atom is 0.178 e. The van der Waals surface area contributed by atoms with Gasteiger partial charge >= 0.3 is 0 Å². The van der Waals surface area contributed by atoms with Gasteiger partial charge in [-0.2, -0.15) is 0 Å². The van der Waals surface area contributed by atoms with Gasteiger partial charge in [0.05, 0.1) is 10.6 Å². The van der Waals surface area contributed by atoms with Crippen LogP contribution >= 0.6 is 0 Å². The Kier molecular flexibility index (Phi) is 3.33. The number of rotatable bonds is 4. The number of carbonyl (C=O) groups excluding carboxylic acids is 1. The molecule has 1 aromatic rings. The lowest BCUT2D eigenvalue weighted by molar-refractivity contribution is -0.116. The van der Waals surface area contributed by atoms with Crippen molar-refractivity contribution < 1.29 is 13.2 Å². The number of fused-ring (bicyclic) bond motifs is 1. The van der Waals surface area contributed by atoms with Gasteiger partial charge in [-0.1, -0.05) is 6.07 Å². The Morgan fingerprint density at radius 1 is 1.24 bits per heavy atom. The van der Waals surface area contributed by atoms with Crippen molar-refractivity contribution in [2.24, 2.45) is 0 Å². The van der Waals surface area contributed by atoms with Crippen LogP contribution in [0.15, 0.2) is 23.1 Å². The van der Waals surface area contributed by atoms with Crippen LogP contribution in [0, 0.1) is 0 Å². The molecule has 17 heavy (non-hydrogen) atoms. The molecule has 4 heteroatoms. The van der Waals surface area contributed by atoms with Crippen LogP contribution in [0.25, 0.3) is 0 Å². The van der Waals surface area contributed by atoms with E-state index in [2.05, 4.69) is 0 Å². The number of carbonyl (C=O) groups is 1. The summed E-state index contributed by atoms with van der Waals surface area (Å²) in [6.45, 7) is 1.41. The monoisotopic (exact) mass is 252 g/mol. The van der Waals surface area contributed by atoms with Crippen molar-refractivity contribution in [1.82, 2.24) is 0 Å². The van der Waals surface area contributed by atoms with E-state index in [0.29, 0.717) is 4.90 Å². The van der Waals surface area contributed by atoms with Crippen molar-refractivity contribution >= 4 is 15.6 Å². The van der Waals surface area contributed by atoms with Gasteiger partial charge in [0.1, 0.15) is 5.78 Å². The number of hydrogen-bond acceptors (Lipinski definition) is 3. The van der Waals surface area contributed by atoms with Gasteiger partial charge in [-0.05, 0) is 49.4 Å². The lowest BCUT2D eigenvalue weighted by Gasteiger charge is -2.06. The van der Waals surface area contributed by atoms with Gasteiger partial charge in [0, 0.05) is 6.42 Å². The highest BCUT2D eigenvalue weighted by atomic mass is 32.2. The lowest BCUT2D eigenvalue weighted by Crippen LogP contribution is -2.10. The molecule has 0 bridgehead atoms. The third-order valence-electron chi connectivity index (χ3n) is 3.15. The van der Waals surface area contributed by atoms with E-state index in [4.69, 9.17) is 0 Å². The first-order chi connectivity index (χ1) is 7.99. The highest BCUT2D eigenvalue weighted by Crippen LogP contribution is 2.25. The lowest BCUT2D eigenvalue weighted by atomic mass is 10.1. The van der Waals surface area contributed by atoms with Crippen molar-refractivity contribution in [3.8, 4) is 0 Å². The zero-order chi connectivity index (χ0) is 12.5. The van der Waals surface area contributed by atoms with Crippen LogP contribution in [0.4, 0.5) is 0 Å². The molecule has 0 radical (unpaired) electrons. The summed E-state index contributed by atoms with van der Waals surface area (Å²) in [6.07, 6.45) is 3.21. The Morgan fingerprint density at radius 2 is 1.94 bits per heavy atom. The van der Waals surface area contributed by atoms with Crippen LogP contribution in [0.5, 0.6) is 0 Å². The van der Waals surface area contributed by atoms with Gasteiger partial charge in [0.15, 0.2) is 9.84 Å². The SMILES string of the molecule is CC(=O)CCS(=O)(=O)c1ccc2c(c1)CCC2. The average molecular weight is 252 g/mol. The predicted octanol–water partition coefficient (Wildman–Crippen LogP) is 1.93. The maximum atomic E-state index is 12.0. The molecule has 3 nitrogen and oxygen atoms in total. The van der Waals surface area contributed by atoms with Crippen molar-refractivity contribution in [2.45, 2.75) is 37.5 Å². The fourth-order valence-corrected chi connectivity index (χ4v) is 3.53. The summed E-state index contributed by atoms with van der Waals surface area (Å²) in [5.74, 6) is -0.170. The predicted molar refractivity (Wildman–Crippen MR) is 65.8 cm³/mol. The first kappa shape index (κ1) is 12.3. The van der Waals surface area contributed by atoms with E-state index in [1.807, 2.05) is 6.07 Å². The highest BCUT2D eigenvalue weighted by Gasteiger charge is 2.18. The van der Waals surface area contributed by atoms with Gasteiger partial charge in [0.2, 0.25) is 0 Å². The van der Waals surface area contributed by atoms with E-state index in [9.17, 15) is 13.2 Å². The van der Waals surface area contributed by atoms with Crippen LogP contribution in [0.1, 0.15) is 30.9 Å². The minimum Gasteiger partial charge on any atom is -0.300 e. The molecule has 0 saturated carbocycles. The molecule has 0 fully saturated rings. The Morgan fingerprint density at radius 3 is 2.65 bits per heavy atom. The molecule has 0 aliphatic heterocycles. The second kappa shape index (κ2) is 4.61. The molecular weight excluding hydrogens is 236 g/mol. The maximum absolute atomic E-state index is 12.0. The first-order valence-electron chi connectivity index (χ1n) is 5.83. The Hall–Kier alpha value is -1.16. The van der Waals surface area contributed by atoms with E-state index in [1.54, 1.807) is 12.1 Å². The largest absolute Gasteiger partial charge is 0.300 e. The van der Waals surface area contributed by atoms with Gasteiger partial charge in [-0.3, -0.25) is 4.79 Å². The molecule has 1 aromatic carbocycles. The quantitative estimate of drug-likeness (QED) is 0.822. The molecule has 0 aromatic heterocycles. The minimum absolute atomic E-state index is 0.0822. The number of Topliss-reactive ketones (excluding diaryl/α,β-unsaturated/α-hetero) is 1. The van der Waals surface area contributed by atoms with Crippen molar-refractivity contribution in [3.05, 3.63) is 29.3 Å². The number of sulfone groups is 1. The van der Waals surface area contributed by atoms with E-state index >= 15 is 0 Å². The molecule has 0 N–H and O–H groups in total. The van der Waals surface area contributed by atoms with Gasteiger partial charge < -0.3 is 0 Å². The van der Waals surface area contributed by atoms with E-state index in [1.165, 1.54) is 12.5 Å². The number of ketones is 1. The smallest absolute Gasteiger partial charge is 0.178 e. The van der Waals surface area contributed by atoms with Crippen molar-refractivity contribution in [3.63, 3.8) is 0 Å². The zero-order valence-electron chi connectivity index (χ0n) is 9.90. The van der Waals surface area contributed by atoms with Crippen molar-refractivity contribution in [1.29, 1.82) is 0 Å². The zero-order valence-corrected chi connectivity index (χ0v) is 10.7. The Labute approximate surface area is 102 Å². The normalized spacial score (nSPS) is 14.6. The Bertz CT molecular complexity index is 544. The van der Waals surface area contributed by atoms with Crippen LogP contribution < -0.4 is 0 Å². The highest BCUT2D eigenvalue weighted by molar-refractivity contribution is 7.91. The molecule has 1 aliphatic carbocycles. The molecular formula is C13H16O3S. The molecule has 0 heterocycles. The van der Waals surface area contributed by atoms with Crippen LogP contribution in [0.3, 0.4) is 0 Å². The van der Waals surface area contributed by atoms with E-state index < -0.39 is 9.84 Å². The standard InChI is InChI=1S/C13H16O3S/c1-10(14)7-8-17(15,16)13-6-5-11-3-2-4-12(11)9-13/h5-6,9H,2-4,7-8H2,1H3. The third kappa shape index (κ3) is 2.75. The molecule has 0 spiro atoms. The van der Waals surface area contributed by atoms with Gasteiger partial charge in [0.25, 0.3) is 0 Å². The molecule has 1 aliphatic rings. The summed E-state index contributed by atoms with van der Waals surface area (Å²) in [5.41, 5.74) is 2.41. The van der Waals surface area contributed by atoms with Gasteiger partial charge in [-0.25, -0.2) is 8.42 Å². The molecule has 0 unspecified atom stereocenters. The summed E-state index contributed by atoms with van der Waals surface area (Å²) in [7, 11) is -3.30. The van der Waals surface area contributed by atoms with E-state index in [-0.39, 0.29) is 18.0 Å². The second-order valence-corrected chi connectivity index (χ2v) is 6.66. The Balaban J connectivity index is 2.24. The molecule has 0 saturated heterocycles. The molecule has 2 rings (SSSR count). The fourth-order valence-electron chi connectivity index (χ4n) is 2.14. The summed E-state index contributed by atoms with van der Waals surface area (Å²) >= 11 is 0. The molecule has 92 valence electrons. The summed E-state index contributed by atoms with van der Waals surface area (Å²) in [4.78, 5) is 11.2. The minimum atomic E-state index is -3.30. The summed E-state index contributed by atoms with van der Waals surface area (Å²) in [5, 5.41) is 0. The molecule has 0 amide bonds. The summed E-state index contributed by atoms with van der Waals surface area (Å²) in [6, 6.07) is 5.35. The fraction of sp³-hybridized carbons (Fsp3) is 0.462. The van der Waals surface area contributed by atoms with Crippen molar-refractivity contribution in [2.75, 3.05) is 5.75 Å². The second-order valence-electron chi connectivity index (χ2n) is 4.55. The average Bonchev–Trinajstić information content (AvgIpc) is 2.73. The van der Waals surface area contributed by atoms with E-state index in [0.717, 1.165) is 24.8 Å². The summed E-state index contributed by atoms with van der Waals surface area (Å²) < 4.78 is 24.0. The molecule has 0 atom stereocenters. The van der Waals surface area contributed by atoms with Gasteiger partial charge in [-0.15, -0.1) is 0 Å². The first-order valence-corrected chi connectivity index (χ1v) is 7.48.